The van der Waals surface area contributed by atoms with Gasteiger partial charge in [-0.15, -0.1) is 0 Å². The molecule has 1 N–H and O–H groups in total. The van der Waals surface area contributed by atoms with Gasteiger partial charge in [-0.25, -0.2) is 4.79 Å². The number of benzene rings is 1. The zero-order chi connectivity index (χ0) is 9.80. The predicted octanol–water partition coefficient (Wildman–Crippen LogP) is 2.23. The van der Waals surface area contributed by atoms with E-state index in [1.165, 1.54) is 0 Å². The first-order valence-corrected chi connectivity index (χ1v) is 4.26. The third kappa shape index (κ3) is 1.82. The zero-order valence-electron chi connectivity index (χ0n) is 7.44. The van der Waals surface area contributed by atoms with Gasteiger partial charge in [0.15, 0.2) is 0 Å². The minimum absolute atomic E-state index is 0.350. The third-order valence-electron chi connectivity index (χ3n) is 1.79. The standard InChI is InChI=1S/C11H9NO2/c13-11(9-6-7-12-8-9)14-10-4-2-1-3-5-10/h1-8,12H. The summed E-state index contributed by atoms with van der Waals surface area (Å²) in [5, 5.41) is 0. The summed E-state index contributed by atoms with van der Waals surface area (Å²) in [5.41, 5.74) is 0.522. The summed E-state index contributed by atoms with van der Waals surface area (Å²) < 4.78 is 5.10. The quantitative estimate of drug-likeness (QED) is 0.578. The van der Waals surface area contributed by atoms with Crippen LogP contribution in [0.25, 0.3) is 0 Å². The Kier molecular flexibility index (Phi) is 2.32. The van der Waals surface area contributed by atoms with Crippen LogP contribution in [0.1, 0.15) is 10.4 Å². The second-order valence-electron chi connectivity index (χ2n) is 2.80. The number of esters is 1. The summed E-state index contributed by atoms with van der Waals surface area (Å²) in [6.45, 7) is 0. The molecule has 0 fully saturated rings. The molecule has 0 amide bonds. The van der Waals surface area contributed by atoms with Crippen molar-refractivity contribution in [1.82, 2.24) is 4.98 Å². The molecule has 0 spiro atoms. The number of para-hydroxylation sites is 1. The largest absolute Gasteiger partial charge is 0.423 e. The van der Waals surface area contributed by atoms with E-state index in [4.69, 9.17) is 4.74 Å². The molecule has 0 radical (unpaired) electrons. The molecule has 3 nitrogen and oxygen atoms in total. The maximum absolute atomic E-state index is 11.4. The van der Waals surface area contributed by atoms with Crippen LogP contribution in [0.2, 0.25) is 0 Å². The van der Waals surface area contributed by atoms with Crippen molar-refractivity contribution in [2.45, 2.75) is 0 Å². The van der Waals surface area contributed by atoms with Crippen molar-refractivity contribution < 1.29 is 9.53 Å². The lowest BCUT2D eigenvalue weighted by atomic mass is 10.3. The Morgan fingerprint density at radius 1 is 1.14 bits per heavy atom. The number of rotatable bonds is 2. The topological polar surface area (TPSA) is 42.1 Å². The molecule has 1 aromatic heterocycles. The number of ether oxygens (including phenoxy) is 1. The van der Waals surface area contributed by atoms with Crippen molar-refractivity contribution >= 4 is 5.97 Å². The van der Waals surface area contributed by atoms with Crippen LogP contribution in [0.4, 0.5) is 0 Å². The number of hydrogen-bond donors (Lipinski definition) is 1. The second kappa shape index (κ2) is 3.79. The molecule has 0 saturated heterocycles. The van der Waals surface area contributed by atoms with E-state index in [9.17, 15) is 4.79 Å². The van der Waals surface area contributed by atoms with Gasteiger partial charge in [0, 0.05) is 12.4 Å². The fraction of sp³-hybridized carbons (Fsp3) is 0. The summed E-state index contributed by atoms with van der Waals surface area (Å²) >= 11 is 0. The zero-order valence-corrected chi connectivity index (χ0v) is 7.44. The predicted molar refractivity (Wildman–Crippen MR) is 52.2 cm³/mol. The van der Waals surface area contributed by atoms with Gasteiger partial charge in [-0.2, -0.15) is 0 Å². The SMILES string of the molecule is O=C(Oc1ccccc1)c1cc[nH]c1. The first kappa shape index (κ1) is 8.56. The van der Waals surface area contributed by atoms with Gasteiger partial charge in [0.25, 0.3) is 0 Å². The highest BCUT2D eigenvalue weighted by molar-refractivity contribution is 5.90. The van der Waals surface area contributed by atoms with Crippen molar-refractivity contribution in [2.24, 2.45) is 0 Å². The van der Waals surface area contributed by atoms with Gasteiger partial charge in [0.2, 0.25) is 0 Å². The molecule has 3 heteroatoms. The monoisotopic (exact) mass is 187 g/mol. The molecule has 1 aromatic carbocycles. The molecule has 0 unspecified atom stereocenters. The summed E-state index contributed by atoms with van der Waals surface area (Å²) in [7, 11) is 0. The van der Waals surface area contributed by atoms with Gasteiger partial charge in [-0.1, -0.05) is 18.2 Å². The summed E-state index contributed by atoms with van der Waals surface area (Å²) in [5.74, 6) is 0.205. The minimum Gasteiger partial charge on any atom is -0.423 e. The Morgan fingerprint density at radius 3 is 2.57 bits per heavy atom. The van der Waals surface area contributed by atoms with E-state index in [1.807, 2.05) is 18.2 Å². The van der Waals surface area contributed by atoms with Crippen LogP contribution >= 0.6 is 0 Å². The van der Waals surface area contributed by atoms with Crippen LogP contribution < -0.4 is 4.74 Å². The molecule has 1 heterocycles. The van der Waals surface area contributed by atoms with E-state index >= 15 is 0 Å². The van der Waals surface area contributed by atoms with Gasteiger partial charge in [0.05, 0.1) is 5.56 Å². The molecule has 0 atom stereocenters. The van der Waals surface area contributed by atoms with Gasteiger partial charge in [0.1, 0.15) is 5.75 Å². The number of nitrogens with one attached hydrogen (secondary N) is 1. The van der Waals surface area contributed by atoms with E-state index in [-0.39, 0.29) is 5.97 Å². The minimum atomic E-state index is -0.350. The van der Waals surface area contributed by atoms with Crippen molar-refractivity contribution in [3.8, 4) is 5.75 Å². The van der Waals surface area contributed by atoms with E-state index in [1.54, 1.807) is 30.6 Å². The Morgan fingerprint density at radius 2 is 1.93 bits per heavy atom. The smallest absolute Gasteiger partial charge is 0.345 e. The molecule has 0 aliphatic heterocycles. The molecular weight excluding hydrogens is 178 g/mol. The number of H-pyrrole nitrogens is 1. The Hall–Kier alpha value is -2.03. The lowest BCUT2D eigenvalue weighted by Crippen LogP contribution is -2.06. The van der Waals surface area contributed by atoms with Crippen LogP contribution in [0.15, 0.2) is 48.8 Å². The van der Waals surface area contributed by atoms with E-state index in [0.29, 0.717) is 11.3 Å². The van der Waals surface area contributed by atoms with Crippen LogP contribution in [-0.2, 0) is 0 Å². The molecule has 0 aliphatic carbocycles. The molecular formula is C11H9NO2. The highest BCUT2D eigenvalue weighted by Gasteiger charge is 2.07. The number of aromatic nitrogens is 1. The second-order valence-corrected chi connectivity index (χ2v) is 2.80. The molecule has 0 saturated carbocycles. The highest BCUT2D eigenvalue weighted by atomic mass is 16.5. The number of carbonyl (C=O) groups excluding carboxylic acids is 1. The number of carbonyl (C=O) groups is 1. The average Bonchev–Trinajstić information content (AvgIpc) is 2.72. The van der Waals surface area contributed by atoms with Crippen LogP contribution in [0.5, 0.6) is 5.75 Å². The van der Waals surface area contributed by atoms with Crippen molar-refractivity contribution in [3.05, 3.63) is 54.4 Å². The molecule has 70 valence electrons. The normalized spacial score (nSPS) is 9.71. The van der Waals surface area contributed by atoms with Crippen LogP contribution in [-0.4, -0.2) is 11.0 Å². The van der Waals surface area contributed by atoms with Crippen molar-refractivity contribution in [2.75, 3.05) is 0 Å². The van der Waals surface area contributed by atoms with Crippen molar-refractivity contribution in [3.63, 3.8) is 0 Å². The molecule has 14 heavy (non-hydrogen) atoms. The van der Waals surface area contributed by atoms with E-state index in [2.05, 4.69) is 4.98 Å². The van der Waals surface area contributed by atoms with Gasteiger partial charge < -0.3 is 9.72 Å². The number of aromatic amines is 1. The average molecular weight is 187 g/mol. The lowest BCUT2D eigenvalue weighted by molar-refractivity contribution is 0.0735. The van der Waals surface area contributed by atoms with Gasteiger partial charge in [-0.05, 0) is 18.2 Å². The van der Waals surface area contributed by atoms with Gasteiger partial charge in [-0.3, -0.25) is 0 Å². The fourth-order valence-electron chi connectivity index (χ4n) is 1.11. The van der Waals surface area contributed by atoms with Gasteiger partial charge >= 0.3 is 5.97 Å². The molecule has 0 bridgehead atoms. The summed E-state index contributed by atoms with van der Waals surface area (Å²) in [6.07, 6.45) is 3.28. The molecule has 2 aromatic rings. The molecule has 2 rings (SSSR count). The fourth-order valence-corrected chi connectivity index (χ4v) is 1.11. The maximum atomic E-state index is 11.4. The Bertz CT molecular complexity index is 406. The van der Waals surface area contributed by atoms with Crippen LogP contribution in [0.3, 0.4) is 0 Å². The highest BCUT2D eigenvalue weighted by Crippen LogP contribution is 2.10. The Balaban J connectivity index is 2.10. The van der Waals surface area contributed by atoms with Crippen molar-refractivity contribution in [1.29, 1.82) is 0 Å². The summed E-state index contributed by atoms with van der Waals surface area (Å²) in [6, 6.07) is 10.7. The Labute approximate surface area is 81.3 Å². The first-order chi connectivity index (χ1) is 6.86. The van der Waals surface area contributed by atoms with E-state index in [0.717, 1.165) is 0 Å². The first-order valence-electron chi connectivity index (χ1n) is 4.26. The lowest BCUT2D eigenvalue weighted by Gasteiger charge is -2.00. The maximum Gasteiger partial charge on any atom is 0.345 e. The third-order valence-corrected chi connectivity index (χ3v) is 1.79. The van der Waals surface area contributed by atoms with Crippen LogP contribution in [0, 0.1) is 0 Å². The van der Waals surface area contributed by atoms with E-state index < -0.39 is 0 Å². The summed E-state index contributed by atoms with van der Waals surface area (Å²) in [4.78, 5) is 14.2. The number of hydrogen-bond acceptors (Lipinski definition) is 2. The molecule has 0 aliphatic rings.